The van der Waals surface area contributed by atoms with E-state index < -0.39 is 35.9 Å². The Morgan fingerprint density at radius 2 is 1.90 bits per heavy atom. The van der Waals surface area contributed by atoms with Gasteiger partial charge in [-0.25, -0.2) is 8.78 Å². The number of rotatable bonds is 7. The zero-order valence-electron chi connectivity index (χ0n) is 16.9. The number of esters is 1. The number of benzene rings is 2. The van der Waals surface area contributed by atoms with Crippen LogP contribution in [0.5, 0.6) is 0 Å². The van der Waals surface area contributed by atoms with Crippen molar-refractivity contribution >= 4 is 23.3 Å². The minimum atomic E-state index is -1.15. The average molecular weight is 415 g/mol. The van der Waals surface area contributed by atoms with Crippen LogP contribution < -0.4 is 4.90 Å². The van der Waals surface area contributed by atoms with Gasteiger partial charge in [0.15, 0.2) is 24.0 Å². The second-order valence-corrected chi connectivity index (χ2v) is 7.43. The fourth-order valence-corrected chi connectivity index (χ4v) is 3.48. The molecule has 1 aliphatic heterocycles. The number of para-hydroxylation sites is 1. The fourth-order valence-electron chi connectivity index (χ4n) is 3.48. The number of carbonyl (C=O) groups excluding carboxylic acids is 3. The van der Waals surface area contributed by atoms with E-state index in [2.05, 4.69) is 13.8 Å². The Balaban J connectivity index is 1.64. The van der Waals surface area contributed by atoms with Crippen molar-refractivity contribution in [2.24, 2.45) is 5.92 Å². The van der Waals surface area contributed by atoms with Crippen LogP contribution in [0.3, 0.4) is 0 Å². The van der Waals surface area contributed by atoms with Gasteiger partial charge in [0.2, 0.25) is 5.91 Å². The van der Waals surface area contributed by atoms with Gasteiger partial charge in [-0.15, -0.1) is 0 Å². The molecule has 0 bridgehead atoms. The molecule has 158 valence electrons. The van der Waals surface area contributed by atoms with Crippen LogP contribution in [0.4, 0.5) is 14.5 Å². The van der Waals surface area contributed by atoms with Gasteiger partial charge in [-0.3, -0.25) is 14.4 Å². The number of anilines is 1. The largest absolute Gasteiger partial charge is 0.457 e. The Morgan fingerprint density at radius 3 is 2.60 bits per heavy atom. The van der Waals surface area contributed by atoms with Gasteiger partial charge in [0, 0.05) is 24.2 Å². The fraction of sp³-hybridized carbons (Fsp3) is 0.348. The SMILES string of the molecule is CC[C@@H](C)c1ccccc1N1C[C@@H](C(=O)OCC(=O)c2ccc(F)c(F)c2)CC1=O. The van der Waals surface area contributed by atoms with Crippen molar-refractivity contribution in [3.8, 4) is 0 Å². The highest BCUT2D eigenvalue weighted by molar-refractivity contribution is 6.01. The Bertz CT molecular complexity index is 975. The van der Waals surface area contributed by atoms with Crippen molar-refractivity contribution in [1.82, 2.24) is 0 Å². The van der Waals surface area contributed by atoms with E-state index in [1.54, 1.807) is 4.90 Å². The second kappa shape index (κ2) is 9.15. The molecular formula is C23H23F2NO4. The molecule has 2 aromatic rings. The summed E-state index contributed by atoms with van der Waals surface area (Å²) in [7, 11) is 0. The molecule has 7 heteroatoms. The topological polar surface area (TPSA) is 63.7 Å². The number of nitrogens with zero attached hydrogens (tertiary/aromatic N) is 1. The third-order valence-electron chi connectivity index (χ3n) is 5.42. The lowest BCUT2D eigenvalue weighted by molar-refractivity contribution is -0.147. The molecule has 0 aliphatic carbocycles. The van der Waals surface area contributed by atoms with E-state index in [9.17, 15) is 23.2 Å². The summed E-state index contributed by atoms with van der Waals surface area (Å²) in [5, 5.41) is 0. The van der Waals surface area contributed by atoms with Crippen LogP contribution in [0.15, 0.2) is 42.5 Å². The van der Waals surface area contributed by atoms with Crippen LogP contribution >= 0.6 is 0 Å². The number of carbonyl (C=O) groups is 3. The lowest BCUT2D eigenvalue weighted by Gasteiger charge is -2.23. The third-order valence-corrected chi connectivity index (χ3v) is 5.42. The molecule has 1 fully saturated rings. The first kappa shape index (κ1) is 21.6. The van der Waals surface area contributed by atoms with Gasteiger partial charge in [0.05, 0.1) is 5.92 Å². The van der Waals surface area contributed by atoms with Crippen molar-refractivity contribution in [3.05, 3.63) is 65.2 Å². The van der Waals surface area contributed by atoms with Crippen molar-refractivity contribution in [2.75, 3.05) is 18.1 Å². The maximum Gasteiger partial charge on any atom is 0.311 e. The maximum atomic E-state index is 13.3. The van der Waals surface area contributed by atoms with Gasteiger partial charge >= 0.3 is 5.97 Å². The van der Waals surface area contributed by atoms with Crippen LogP contribution in [0.1, 0.15) is 48.5 Å². The van der Waals surface area contributed by atoms with Gasteiger partial charge in [0.25, 0.3) is 0 Å². The molecule has 3 rings (SSSR count). The number of Topliss-reactive ketones (excluding diaryl/α,β-unsaturated/α-hetero) is 1. The van der Waals surface area contributed by atoms with Gasteiger partial charge in [-0.2, -0.15) is 0 Å². The Labute approximate surface area is 173 Å². The number of ketones is 1. The van der Waals surface area contributed by atoms with Crippen LogP contribution in [0.25, 0.3) is 0 Å². The molecule has 0 radical (unpaired) electrons. The smallest absolute Gasteiger partial charge is 0.311 e. The van der Waals surface area contributed by atoms with Crippen LogP contribution in [-0.2, 0) is 14.3 Å². The Hall–Kier alpha value is -3.09. The molecule has 0 unspecified atom stereocenters. The first-order chi connectivity index (χ1) is 14.3. The first-order valence-electron chi connectivity index (χ1n) is 9.86. The Kier molecular flexibility index (Phi) is 6.59. The van der Waals surface area contributed by atoms with E-state index in [0.717, 1.165) is 35.9 Å². The van der Waals surface area contributed by atoms with Crippen LogP contribution in [0, 0.1) is 17.6 Å². The molecule has 2 atom stereocenters. The highest BCUT2D eigenvalue weighted by Gasteiger charge is 2.37. The van der Waals surface area contributed by atoms with E-state index in [1.165, 1.54) is 0 Å². The Morgan fingerprint density at radius 1 is 1.17 bits per heavy atom. The van der Waals surface area contributed by atoms with E-state index in [1.807, 2.05) is 24.3 Å². The van der Waals surface area contributed by atoms with Crippen molar-refractivity contribution in [2.45, 2.75) is 32.6 Å². The van der Waals surface area contributed by atoms with Crippen molar-refractivity contribution < 1.29 is 27.9 Å². The highest BCUT2D eigenvalue weighted by atomic mass is 19.2. The molecule has 1 amide bonds. The molecule has 30 heavy (non-hydrogen) atoms. The molecule has 0 N–H and O–H groups in total. The molecule has 0 spiro atoms. The van der Waals surface area contributed by atoms with Gasteiger partial charge in [0.1, 0.15) is 0 Å². The summed E-state index contributed by atoms with van der Waals surface area (Å²) in [5.41, 5.74) is 1.73. The summed E-state index contributed by atoms with van der Waals surface area (Å²) in [6, 6.07) is 10.3. The van der Waals surface area contributed by atoms with E-state index in [-0.39, 0.29) is 30.4 Å². The second-order valence-electron chi connectivity index (χ2n) is 7.43. The lowest BCUT2D eigenvalue weighted by Crippen LogP contribution is -2.28. The van der Waals surface area contributed by atoms with E-state index in [0.29, 0.717) is 0 Å². The first-order valence-corrected chi connectivity index (χ1v) is 9.86. The minimum absolute atomic E-state index is 0.00690. The summed E-state index contributed by atoms with van der Waals surface area (Å²) < 4.78 is 31.3. The van der Waals surface area contributed by atoms with E-state index >= 15 is 0 Å². The molecular weight excluding hydrogens is 392 g/mol. The zero-order chi connectivity index (χ0) is 21.8. The highest BCUT2D eigenvalue weighted by Crippen LogP contribution is 2.33. The number of halogens is 2. The monoisotopic (exact) mass is 415 g/mol. The number of hydrogen-bond donors (Lipinski definition) is 0. The summed E-state index contributed by atoms with van der Waals surface area (Å²) >= 11 is 0. The lowest BCUT2D eigenvalue weighted by atomic mass is 9.96. The van der Waals surface area contributed by atoms with Gasteiger partial charge in [-0.1, -0.05) is 32.0 Å². The zero-order valence-corrected chi connectivity index (χ0v) is 16.9. The average Bonchev–Trinajstić information content (AvgIpc) is 3.14. The minimum Gasteiger partial charge on any atom is -0.457 e. The summed E-state index contributed by atoms with van der Waals surface area (Å²) in [6.07, 6.45) is 0.906. The quantitative estimate of drug-likeness (QED) is 0.501. The van der Waals surface area contributed by atoms with Crippen LogP contribution in [-0.4, -0.2) is 30.8 Å². The molecule has 0 saturated carbocycles. The molecule has 1 aliphatic rings. The maximum absolute atomic E-state index is 13.3. The standard InChI is InChI=1S/C23H23F2NO4/c1-3-14(2)17-6-4-5-7-20(17)26-12-16(11-22(26)28)23(29)30-13-21(27)15-8-9-18(24)19(25)10-15/h4-10,14,16H,3,11-13H2,1-2H3/t14-,16+/m1/s1. The predicted molar refractivity (Wildman–Crippen MR) is 107 cm³/mol. The molecule has 2 aromatic carbocycles. The van der Waals surface area contributed by atoms with Gasteiger partial charge < -0.3 is 9.64 Å². The van der Waals surface area contributed by atoms with Gasteiger partial charge in [-0.05, 0) is 42.2 Å². The number of hydrogen-bond acceptors (Lipinski definition) is 4. The number of ether oxygens (including phenoxy) is 1. The predicted octanol–water partition coefficient (Wildman–Crippen LogP) is 4.26. The third kappa shape index (κ3) is 4.56. The summed E-state index contributed by atoms with van der Waals surface area (Å²) in [5.74, 6) is -4.14. The summed E-state index contributed by atoms with van der Waals surface area (Å²) in [4.78, 5) is 38.6. The van der Waals surface area contributed by atoms with Crippen molar-refractivity contribution in [1.29, 1.82) is 0 Å². The van der Waals surface area contributed by atoms with Crippen molar-refractivity contribution in [3.63, 3.8) is 0 Å². The summed E-state index contributed by atoms with van der Waals surface area (Å²) in [6.45, 7) is 3.72. The number of amides is 1. The molecule has 1 saturated heterocycles. The molecule has 5 nitrogen and oxygen atoms in total. The molecule has 0 aromatic heterocycles. The normalized spacial score (nSPS) is 17.1. The van der Waals surface area contributed by atoms with E-state index in [4.69, 9.17) is 4.74 Å². The molecule has 1 heterocycles. The van der Waals surface area contributed by atoms with Crippen LogP contribution in [0.2, 0.25) is 0 Å².